The van der Waals surface area contributed by atoms with Crippen LogP contribution >= 0.6 is 23.4 Å². The number of likely N-dealkylation sites (tertiary alicyclic amines) is 1. The average molecular weight is 206 g/mol. The SMILES string of the molecule is C=C(Cl)C(=O)N1CCC(SC)C1. The summed E-state index contributed by atoms with van der Waals surface area (Å²) < 4.78 is 0. The molecule has 1 aliphatic heterocycles. The Labute approximate surface area is 81.9 Å². The predicted octanol–water partition coefficient (Wildman–Crippen LogP) is 1.70. The molecule has 0 aromatic carbocycles. The maximum absolute atomic E-state index is 11.3. The molecule has 1 rings (SSSR count). The van der Waals surface area contributed by atoms with Crippen LogP contribution < -0.4 is 0 Å². The minimum absolute atomic E-state index is 0.117. The minimum Gasteiger partial charge on any atom is -0.337 e. The molecule has 0 aliphatic carbocycles. The topological polar surface area (TPSA) is 20.3 Å². The van der Waals surface area contributed by atoms with Crippen molar-refractivity contribution in [2.45, 2.75) is 11.7 Å². The van der Waals surface area contributed by atoms with Gasteiger partial charge in [-0.2, -0.15) is 11.8 Å². The maximum Gasteiger partial charge on any atom is 0.264 e. The van der Waals surface area contributed by atoms with Gasteiger partial charge in [0.05, 0.1) is 5.03 Å². The molecule has 0 radical (unpaired) electrons. The van der Waals surface area contributed by atoms with Crippen LogP contribution in [-0.2, 0) is 4.79 Å². The van der Waals surface area contributed by atoms with Gasteiger partial charge in [0.25, 0.3) is 5.91 Å². The van der Waals surface area contributed by atoms with Crippen LogP contribution in [0.15, 0.2) is 11.6 Å². The van der Waals surface area contributed by atoms with Gasteiger partial charge in [-0.15, -0.1) is 0 Å². The van der Waals surface area contributed by atoms with Crippen LogP contribution in [0.1, 0.15) is 6.42 Å². The van der Waals surface area contributed by atoms with Crippen LogP contribution in [0.4, 0.5) is 0 Å². The molecule has 4 heteroatoms. The fourth-order valence-electron chi connectivity index (χ4n) is 1.28. The lowest BCUT2D eigenvalue weighted by Crippen LogP contribution is -2.28. The molecule has 0 saturated carbocycles. The van der Waals surface area contributed by atoms with E-state index in [1.807, 2.05) is 0 Å². The van der Waals surface area contributed by atoms with Crippen molar-refractivity contribution in [3.8, 4) is 0 Å². The van der Waals surface area contributed by atoms with Gasteiger partial charge < -0.3 is 4.90 Å². The Morgan fingerprint density at radius 2 is 2.42 bits per heavy atom. The molecular weight excluding hydrogens is 194 g/mol. The summed E-state index contributed by atoms with van der Waals surface area (Å²) >= 11 is 7.31. The average Bonchev–Trinajstić information content (AvgIpc) is 2.50. The van der Waals surface area contributed by atoms with E-state index in [9.17, 15) is 4.79 Å². The maximum atomic E-state index is 11.3. The molecule has 12 heavy (non-hydrogen) atoms. The van der Waals surface area contributed by atoms with E-state index in [1.54, 1.807) is 16.7 Å². The molecule has 68 valence electrons. The standard InChI is InChI=1S/C8H12ClNOS/c1-6(9)8(11)10-4-3-7(5-10)12-2/h7H,1,3-5H2,2H3. The Morgan fingerprint density at radius 3 is 2.83 bits per heavy atom. The molecule has 1 unspecified atom stereocenters. The lowest BCUT2D eigenvalue weighted by molar-refractivity contribution is -0.125. The predicted molar refractivity (Wildman–Crippen MR) is 53.5 cm³/mol. The zero-order valence-corrected chi connectivity index (χ0v) is 8.62. The number of rotatable bonds is 2. The van der Waals surface area contributed by atoms with Gasteiger partial charge in [0.2, 0.25) is 0 Å². The van der Waals surface area contributed by atoms with E-state index in [0.717, 1.165) is 19.5 Å². The van der Waals surface area contributed by atoms with Crippen molar-refractivity contribution in [3.63, 3.8) is 0 Å². The van der Waals surface area contributed by atoms with E-state index in [0.29, 0.717) is 5.25 Å². The summed E-state index contributed by atoms with van der Waals surface area (Å²) in [5.41, 5.74) is 0. The van der Waals surface area contributed by atoms with Crippen molar-refractivity contribution < 1.29 is 4.79 Å². The molecule has 0 spiro atoms. The Bertz CT molecular complexity index is 207. The normalized spacial score (nSPS) is 22.8. The number of thioether (sulfide) groups is 1. The number of hydrogen-bond donors (Lipinski definition) is 0. The number of nitrogens with zero attached hydrogens (tertiary/aromatic N) is 1. The van der Waals surface area contributed by atoms with E-state index >= 15 is 0 Å². The van der Waals surface area contributed by atoms with Gasteiger partial charge in [0.15, 0.2) is 0 Å². The highest BCUT2D eigenvalue weighted by Crippen LogP contribution is 2.21. The van der Waals surface area contributed by atoms with E-state index in [1.165, 1.54) is 0 Å². The van der Waals surface area contributed by atoms with E-state index in [-0.39, 0.29) is 10.9 Å². The van der Waals surface area contributed by atoms with E-state index in [4.69, 9.17) is 11.6 Å². The van der Waals surface area contributed by atoms with Gasteiger partial charge >= 0.3 is 0 Å². The Morgan fingerprint density at radius 1 is 1.75 bits per heavy atom. The molecule has 1 aliphatic rings. The first kappa shape index (κ1) is 9.93. The summed E-state index contributed by atoms with van der Waals surface area (Å²) in [6, 6.07) is 0. The molecule has 1 amide bonds. The second-order valence-electron chi connectivity index (χ2n) is 2.80. The summed E-state index contributed by atoms with van der Waals surface area (Å²) in [4.78, 5) is 13.1. The van der Waals surface area contributed by atoms with Gasteiger partial charge in [-0.25, -0.2) is 0 Å². The third-order valence-electron chi connectivity index (χ3n) is 2.00. The van der Waals surface area contributed by atoms with Crippen LogP contribution in [0, 0.1) is 0 Å². The van der Waals surface area contributed by atoms with Crippen LogP contribution in [0.2, 0.25) is 0 Å². The molecule has 0 N–H and O–H groups in total. The Kier molecular flexibility index (Phi) is 3.47. The van der Waals surface area contributed by atoms with Crippen molar-refractivity contribution in [3.05, 3.63) is 11.6 Å². The van der Waals surface area contributed by atoms with Gasteiger partial charge in [-0.1, -0.05) is 18.2 Å². The molecule has 1 saturated heterocycles. The van der Waals surface area contributed by atoms with Crippen molar-refractivity contribution in [2.24, 2.45) is 0 Å². The summed E-state index contributed by atoms with van der Waals surface area (Å²) in [7, 11) is 0. The number of halogens is 1. The quantitative estimate of drug-likeness (QED) is 0.640. The summed E-state index contributed by atoms with van der Waals surface area (Å²) in [5.74, 6) is -0.117. The van der Waals surface area contributed by atoms with E-state index < -0.39 is 0 Å². The Hall–Kier alpha value is -0.150. The monoisotopic (exact) mass is 205 g/mol. The number of carbonyl (C=O) groups excluding carboxylic acids is 1. The molecule has 2 nitrogen and oxygen atoms in total. The number of amides is 1. The smallest absolute Gasteiger partial charge is 0.264 e. The third-order valence-corrected chi connectivity index (χ3v) is 3.21. The minimum atomic E-state index is -0.117. The van der Waals surface area contributed by atoms with Crippen LogP contribution in [-0.4, -0.2) is 35.4 Å². The van der Waals surface area contributed by atoms with E-state index in [2.05, 4.69) is 12.8 Å². The fraction of sp³-hybridized carbons (Fsp3) is 0.625. The van der Waals surface area contributed by atoms with Crippen molar-refractivity contribution in [2.75, 3.05) is 19.3 Å². The zero-order valence-electron chi connectivity index (χ0n) is 7.05. The first-order valence-electron chi connectivity index (χ1n) is 3.81. The lowest BCUT2D eigenvalue weighted by atomic mass is 10.4. The highest BCUT2D eigenvalue weighted by molar-refractivity contribution is 7.99. The van der Waals surface area contributed by atoms with Crippen LogP contribution in [0.25, 0.3) is 0 Å². The largest absolute Gasteiger partial charge is 0.337 e. The number of carbonyl (C=O) groups is 1. The zero-order chi connectivity index (χ0) is 9.14. The summed E-state index contributed by atoms with van der Waals surface area (Å²) in [5, 5.41) is 0.696. The van der Waals surface area contributed by atoms with Crippen molar-refractivity contribution in [1.82, 2.24) is 4.90 Å². The first-order chi connectivity index (χ1) is 5.65. The highest BCUT2D eigenvalue weighted by atomic mass is 35.5. The lowest BCUT2D eigenvalue weighted by Gasteiger charge is -2.14. The van der Waals surface area contributed by atoms with Gasteiger partial charge in [0.1, 0.15) is 0 Å². The molecular formula is C8H12ClNOS. The molecule has 0 aromatic heterocycles. The molecule has 1 atom stereocenters. The van der Waals surface area contributed by atoms with Crippen LogP contribution in [0.3, 0.4) is 0 Å². The first-order valence-corrected chi connectivity index (χ1v) is 5.48. The Balaban J connectivity index is 2.46. The van der Waals surface area contributed by atoms with Crippen molar-refractivity contribution >= 4 is 29.3 Å². The highest BCUT2D eigenvalue weighted by Gasteiger charge is 2.25. The third kappa shape index (κ3) is 2.17. The van der Waals surface area contributed by atoms with Gasteiger partial charge in [0, 0.05) is 18.3 Å². The molecule has 1 heterocycles. The van der Waals surface area contributed by atoms with Crippen molar-refractivity contribution in [1.29, 1.82) is 0 Å². The number of hydrogen-bond acceptors (Lipinski definition) is 2. The molecule has 0 aromatic rings. The van der Waals surface area contributed by atoms with Crippen LogP contribution in [0.5, 0.6) is 0 Å². The summed E-state index contributed by atoms with van der Waals surface area (Å²) in [6.45, 7) is 5.04. The van der Waals surface area contributed by atoms with Gasteiger partial charge in [-0.05, 0) is 12.7 Å². The second kappa shape index (κ2) is 4.19. The second-order valence-corrected chi connectivity index (χ2v) is 4.40. The fourth-order valence-corrected chi connectivity index (χ4v) is 2.07. The molecule has 0 bridgehead atoms. The molecule has 1 fully saturated rings. The summed E-state index contributed by atoms with van der Waals surface area (Å²) in [6.07, 6.45) is 3.13. The van der Waals surface area contributed by atoms with Gasteiger partial charge in [-0.3, -0.25) is 4.79 Å².